The molecule has 0 bridgehead atoms. The van der Waals surface area contributed by atoms with Gasteiger partial charge in [-0.05, 0) is 36.8 Å². The molecule has 2 atom stereocenters. The summed E-state index contributed by atoms with van der Waals surface area (Å²) in [5.41, 5.74) is 0. The molecule has 2 aliphatic rings. The van der Waals surface area contributed by atoms with E-state index in [-0.39, 0.29) is 23.9 Å². The van der Waals surface area contributed by atoms with E-state index in [0.29, 0.717) is 12.8 Å². The van der Waals surface area contributed by atoms with Crippen LogP contribution in [0.2, 0.25) is 0 Å². The molecule has 2 fully saturated rings. The number of carbonyl (C=O) groups is 2. The van der Waals surface area contributed by atoms with Crippen molar-refractivity contribution in [2.75, 3.05) is 6.54 Å². The third-order valence-corrected chi connectivity index (χ3v) is 5.24. The quantitative estimate of drug-likeness (QED) is 0.931. The van der Waals surface area contributed by atoms with E-state index in [1.165, 1.54) is 11.3 Å². The lowest BCUT2D eigenvalue weighted by Gasteiger charge is -2.30. The van der Waals surface area contributed by atoms with Crippen LogP contribution in [0, 0.1) is 0 Å². The summed E-state index contributed by atoms with van der Waals surface area (Å²) in [5, 5.41) is 4.87. The van der Waals surface area contributed by atoms with Gasteiger partial charge in [-0.2, -0.15) is 0 Å². The number of hydrogen-bond acceptors (Lipinski definition) is 3. The van der Waals surface area contributed by atoms with Gasteiger partial charge in [0.1, 0.15) is 6.04 Å². The molecule has 22 heavy (non-hydrogen) atoms. The minimum atomic E-state index is -0.316. The van der Waals surface area contributed by atoms with Crippen LogP contribution in [0.4, 0.5) is 0 Å². The van der Waals surface area contributed by atoms with E-state index >= 15 is 0 Å². The van der Waals surface area contributed by atoms with Crippen LogP contribution in [-0.2, 0) is 9.59 Å². The van der Waals surface area contributed by atoms with Crippen molar-refractivity contribution in [2.45, 2.75) is 50.6 Å². The molecule has 0 unspecified atom stereocenters. The standard InChI is InChI=1S/C17H22N2O2S/c20-16-10-9-15(18-16)17(21)19-11-3-1-2-5-13(19)7-8-14-6-4-12-22-14/h4,6-8,12-13,15H,1-3,5,9-11H2,(H,18,20)/b8-7+/t13-,15+/m1/s1. The maximum atomic E-state index is 12.8. The van der Waals surface area contributed by atoms with Gasteiger partial charge in [-0.3, -0.25) is 9.59 Å². The number of hydrogen-bond donors (Lipinski definition) is 1. The van der Waals surface area contributed by atoms with E-state index in [1.807, 2.05) is 11.0 Å². The lowest BCUT2D eigenvalue weighted by Crippen LogP contribution is -2.48. The molecule has 1 N–H and O–H groups in total. The third-order valence-electron chi connectivity index (χ3n) is 4.40. The fourth-order valence-electron chi connectivity index (χ4n) is 3.20. The van der Waals surface area contributed by atoms with Crippen molar-refractivity contribution < 1.29 is 9.59 Å². The van der Waals surface area contributed by atoms with E-state index in [4.69, 9.17) is 0 Å². The van der Waals surface area contributed by atoms with Crippen LogP contribution >= 0.6 is 11.3 Å². The molecule has 2 aliphatic heterocycles. The summed E-state index contributed by atoms with van der Waals surface area (Å²) in [4.78, 5) is 27.3. The zero-order valence-electron chi connectivity index (χ0n) is 12.7. The molecule has 0 saturated carbocycles. The maximum absolute atomic E-state index is 12.8. The Kier molecular flexibility index (Phi) is 4.93. The minimum Gasteiger partial charge on any atom is -0.344 e. The first-order chi connectivity index (χ1) is 10.7. The van der Waals surface area contributed by atoms with E-state index in [0.717, 1.165) is 25.8 Å². The van der Waals surface area contributed by atoms with Crippen molar-refractivity contribution in [3.05, 3.63) is 28.5 Å². The molecular formula is C17H22N2O2S. The zero-order chi connectivity index (χ0) is 15.4. The molecule has 1 aromatic heterocycles. The molecule has 0 aromatic carbocycles. The van der Waals surface area contributed by atoms with Gasteiger partial charge in [-0.25, -0.2) is 0 Å². The largest absolute Gasteiger partial charge is 0.344 e. The van der Waals surface area contributed by atoms with Crippen molar-refractivity contribution in [1.82, 2.24) is 10.2 Å². The van der Waals surface area contributed by atoms with Crippen LogP contribution in [0.3, 0.4) is 0 Å². The van der Waals surface area contributed by atoms with Crippen molar-refractivity contribution in [3.8, 4) is 0 Å². The van der Waals surface area contributed by atoms with E-state index in [2.05, 4.69) is 28.9 Å². The van der Waals surface area contributed by atoms with Crippen molar-refractivity contribution in [1.29, 1.82) is 0 Å². The third kappa shape index (κ3) is 3.58. The Morgan fingerprint density at radius 2 is 2.23 bits per heavy atom. The molecular weight excluding hydrogens is 296 g/mol. The first-order valence-corrected chi connectivity index (χ1v) is 8.93. The molecule has 3 rings (SSSR count). The summed E-state index contributed by atoms with van der Waals surface area (Å²) in [5.74, 6) is 0.0902. The minimum absolute atomic E-state index is 0.00107. The average Bonchev–Trinajstić information content (AvgIpc) is 3.12. The van der Waals surface area contributed by atoms with Gasteiger partial charge in [0.25, 0.3) is 0 Å². The highest BCUT2D eigenvalue weighted by atomic mass is 32.1. The molecule has 2 saturated heterocycles. The van der Waals surface area contributed by atoms with Crippen LogP contribution in [0.5, 0.6) is 0 Å². The first-order valence-electron chi connectivity index (χ1n) is 8.05. The van der Waals surface area contributed by atoms with Crippen molar-refractivity contribution in [2.24, 2.45) is 0 Å². The fraction of sp³-hybridized carbons (Fsp3) is 0.529. The Morgan fingerprint density at radius 3 is 2.95 bits per heavy atom. The number of nitrogens with one attached hydrogen (secondary N) is 1. The smallest absolute Gasteiger partial charge is 0.245 e. The summed E-state index contributed by atoms with van der Waals surface area (Å²) in [7, 11) is 0. The van der Waals surface area contributed by atoms with E-state index in [1.54, 1.807) is 11.3 Å². The number of thiophene rings is 1. The van der Waals surface area contributed by atoms with E-state index < -0.39 is 0 Å². The number of nitrogens with zero attached hydrogens (tertiary/aromatic N) is 1. The topological polar surface area (TPSA) is 49.4 Å². The summed E-state index contributed by atoms with van der Waals surface area (Å²) in [6.07, 6.45) is 9.77. The second-order valence-electron chi connectivity index (χ2n) is 5.98. The van der Waals surface area contributed by atoms with Crippen LogP contribution in [0.25, 0.3) is 6.08 Å². The van der Waals surface area contributed by atoms with Crippen LogP contribution in [0.15, 0.2) is 23.6 Å². The molecule has 118 valence electrons. The molecule has 2 amide bonds. The fourth-order valence-corrected chi connectivity index (χ4v) is 3.83. The van der Waals surface area contributed by atoms with Gasteiger partial charge in [-0.15, -0.1) is 11.3 Å². The Labute approximate surface area is 135 Å². The summed E-state index contributed by atoms with van der Waals surface area (Å²) in [6.45, 7) is 0.796. The lowest BCUT2D eigenvalue weighted by atomic mass is 10.1. The number of amides is 2. The average molecular weight is 318 g/mol. The molecule has 0 spiro atoms. The monoisotopic (exact) mass is 318 g/mol. The second kappa shape index (κ2) is 7.09. The highest BCUT2D eigenvalue weighted by Crippen LogP contribution is 2.22. The zero-order valence-corrected chi connectivity index (χ0v) is 13.5. The van der Waals surface area contributed by atoms with E-state index in [9.17, 15) is 9.59 Å². The molecule has 4 nitrogen and oxygen atoms in total. The molecule has 0 aliphatic carbocycles. The summed E-state index contributed by atoms with van der Waals surface area (Å²) >= 11 is 1.70. The van der Waals surface area contributed by atoms with Gasteiger partial charge in [0.15, 0.2) is 0 Å². The van der Waals surface area contributed by atoms with Crippen molar-refractivity contribution in [3.63, 3.8) is 0 Å². The Bertz CT molecular complexity index is 553. The maximum Gasteiger partial charge on any atom is 0.245 e. The summed E-state index contributed by atoms with van der Waals surface area (Å²) in [6, 6.07) is 3.95. The highest BCUT2D eigenvalue weighted by Gasteiger charge is 2.33. The summed E-state index contributed by atoms with van der Waals surface area (Å²) < 4.78 is 0. The number of rotatable bonds is 3. The normalized spacial score (nSPS) is 26.2. The Balaban J connectivity index is 1.72. The van der Waals surface area contributed by atoms with Crippen LogP contribution in [0.1, 0.15) is 43.4 Å². The highest BCUT2D eigenvalue weighted by molar-refractivity contribution is 7.10. The van der Waals surface area contributed by atoms with Crippen LogP contribution < -0.4 is 5.32 Å². The molecule has 1 aromatic rings. The van der Waals surface area contributed by atoms with Crippen molar-refractivity contribution >= 4 is 29.2 Å². The lowest BCUT2D eigenvalue weighted by molar-refractivity contribution is -0.135. The number of likely N-dealkylation sites (tertiary alicyclic amines) is 1. The molecule has 5 heteroatoms. The molecule has 3 heterocycles. The SMILES string of the molecule is O=C1CC[C@@H](C(=O)N2CCCCC[C@@H]2/C=C/c2cccs2)N1. The van der Waals surface area contributed by atoms with Crippen LogP contribution in [-0.4, -0.2) is 35.3 Å². The predicted octanol–water partition coefficient (Wildman–Crippen LogP) is 2.81. The predicted molar refractivity (Wildman–Crippen MR) is 88.5 cm³/mol. The van der Waals surface area contributed by atoms with Gasteiger partial charge < -0.3 is 10.2 Å². The van der Waals surface area contributed by atoms with Gasteiger partial charge in [0.05, 0.1) is 6.04 Å². The van der Waals surface area contributed by atoms with Gasteiger partial charge >= 0.3 is 0 Å². The van der Waals surface area contributed by atoms with Gasteiger partial charge in [0.2, 0.25) is 11.8 Å². The first kappa shape index (κ1) is 15.3. The van der Waals surface area contributed by atoms with Gasteiger partial charge in [0, 0.05) is 17.8 Å². The Morgan fingerprint density at radius 1 is 1.32 bits per heavy atom. The second-order valence-corrected chi connectivity index (χ2v) is 6.96. The number of carbonyl (C=O) groups excluding carboxylic acids is 2. The van der Waals surface area contributed by atoms with Gasteiger partial charge in [-0.1, -0.05) is 25.0 Å². The molecule has 0 radical (unpaired) electrons. The Hall–Kier alpha value is -1.62.